The molecular formula is C6H9ClN2. The van der Waals surface area contributed by atoms with Crippen molar-refractivity contribution in [3.05, 3.63) is 12.2 Å². The first kappa shape index (κ1) is 8.37. The summed E-state index contributed by atoms with van der Waals surface area (Å²) >= 11 is 5.12. The van der Waals surface area contributed by atoms with Gasteiger partial charge in [0.1, 0.15) is 0 Å². The Kier molecular flexibility index (Phi) is 3.97. The molecule has 0 radical (unpaired) electrons. The van der Waals surface area contributed by atoms with Crippen LogP contribution in [0.1, 0.15) is 13.3 Å². The minimum absolute atomic E-state index is 0.204. The Hall–Kier alpha value is -0.630. The first-order chi connectivity index (χ1) is 4.16. The van der Waals surface area contributed by atoms with Crippen molar-refractivity contribution >= 4 is 23.1 Å². The van der Waals surface area contributed by atoms with Crippen molar-refractivity contribution < 1.29 is 0 Å². The molecule has 0 aliphatic heterocycles. The van der Waals surface area contributed by atoms with Crippen LogP contribution < -0.4 is 0 Å². The van der Waals surface area contributed by atoms with Gasteiger partial charge in [0, 0.05) is 6.21 Å². The second kappa shape index (κ2) is 4.27. The van der Waals surface area contributed by atoms with Crippen LogP contribution in [0.15, 0.2) is 17.1 Å². The molecule has 2 nitrogen and oxygen atoms in total. The predicted molar refractivity (Wildman–Crippen MR) is 41.5 cm³/mol. The van der Waals surface area contributed by atoms with Gasteiger partial charge in [0.05, 0.1) is 0 Å². The maximum atomic E-state index is 6.69. The molecular weight excluding hydrogens is 136 g/mol. The Bertz CT molecular complexity index is 149. The Morgan fingerprint density at radius 1 is 1.89 bits per heavy atom. The monoisotopic (exact) mass is 144 g/mol. The van der Waals surface area contributed by atoms with Gasteiger partial charge in [0.2, 0.25) is 5.29 Å². The zero-order valence-corrected chi connectivity index (χ0v) is 6.07. The lowest BCUT2D eigenvalue weighted by Gasteiger charge is -1.87. The average Bonchev–Trinajstić information content (AvgIpc) is 1.83. The molecule has 0 fully saturated rings. The van der Waals surface area contributed by atoms with Gasteiger partial charge in [-0.2, -0.15) is 0 Å². The molecule has 0 heterocycles. The number of hydrogen-bond acceptors (Lipinski definition) is 1. The van der Waals surface area contributed by atoms with Crippen molar-refractivity contribution in [2.45, 2.75) is 13.3 Å². The van der Waals surface area contributed by atoms with Crippen LogP contribution in [0.3, 0.4) is 0 Å². The summed E-state index contributed by atoms with van der Waals surface area (Å²) in [6.45, 7) is 5.61. The molecule has 0 saturated heterocycles. The topological polar surface area (TPSA) is 36.2 Å². The largest absolute Gasteiger partial charge is 0.272 e. The van der Waals surface area contributed by atoms with Crippen molar-refractivity contribution in [2.75, 3.05) is 0 Å². The molecule has 0 aromatic heterocycles. The number of halogens is 1. The van der Waals surface area contributed by atoms with Gasteiger partial charge in [-0.1, -0.05) is 13.5 Å². The maximum absolute atomic E-state index is 6.69. The number of allylic oxidation sites excluding steroid dienone is 1. The van der Waals surface area contributed by atoms with E-state index in [1.165, 1.54) is 6.21 Å². The van der Waals surface area contributed by atoms with E-state index in [-0.39, 0.29) is 5.29 Å². The van der Waals surface area contributed by atoms with Gasteiger partial charge in [-0.05, 0) is 23.6 Å². The third kappa shape index (κ3) is 5.24. The minimum Gasteiger partial charge on any atom is -0.272 e. The van der Waals surface area contributed by atoms with E-state index in [0.717, 1.165) is 12.0 Å². The highest BCUT2D eigenvalue weighted by Gasteiger charge is 1.83. The van der Waals surface area contributed by atoms with E-state index in [1.54, 1.807) is 0 Å². The van der Waals surface area contributed by atoms with E-state index >= 15 is 0 Å². The van der Waals surface area contributed by atoms with Crippen molar-refractivity contribution in [3.8, 4) is 0 Å². The van der Waals surface area contributed by atoms with Gasteiger partial charge in [-0.25, -0.2) is 4.99 Å². The molecule has 0 aliphatic rings. The zero-order valence-electron chi connectivity index (χ0n) is 5.32. The average molecular weight is 145 g/mol. The number of amidine groups is 1. The number of nitrogens with one attached hydrogen (secondary N) is 1. The molecule has 0 rings (SSSR count). The summed E-state index contributed by atoms with van der Waals surface area (Å²) in [5.74, 6) is 0. The lowest BCUT2D eigenvalue weighted by atomic mass is 10.3. The second-order valence-corrected chi connectivity index (χ2v) is 1.92. The molecule has 0 saturated carbocycles. The number of hydrogen-bond donors (Lipinski definition) is 1. The van der Waals surface area contributed by atoms with Gasteiger partial charge in [0.25, 0.3) is 0 Å². The molecule has 0 atom stereocenters. The van der Waals surface area contributed by atoms with E-state index in [2.05, 4.69) is 11.6 Å². The number of aliphatic imine (C=N–C) groups is 1. The molecule has 0 unspecified atom stereocenters. The maximum Gasteiger partial charge on any atom is 0.214 e. The summed E-state index contributed by atoms with van der Waals surface area (Å²) in [5, 5.41) is 6.49. The third-order valence-electron chi connectivity index (χ3n) is 0.815. The quantitative estimate of drug-likeness (QED) is 0.351. The highest BCUT2D eigenvalue weighted by molar-refractivity contribution is 6.64. The standard InChI is InChI=1S/C6H9ClN2/c1-3-5(2)4-9-6(7)8/h4,8H,2-3H2,1H3. The number of rotatable bonds is 2. The first-order valence-corrected chi connectivity index (χ1v) is 3.00. The van der Waals surface area contributed by atoms with Gasteiger partial charge in [-0.15, -0.1) is 0 Å². The lowest BCUT2D eigenvalue weighted by molar-refractivity contribution is 1.19. The van der Waals surface area contributed by atoms with Crippen LogP contribution in [0.5, 0.6) is 0 Å². The van der Waals surface area contributed by atoms with Crippen LogP contribution in [-0.4, -0.2) is 11.5 Å². The van der Waals surface area contributed by atoms with E-state index in [9.17, 15) is 0 Å². The van der Waals surface area contributed by atoms with Crippen molar-refractivity contribution in [2.24, 2.45) is 4.99 Å². The van der Waals surface area contributed by atoms with Crippen LogP contribution in [-0.2, 0) is 0 Å². The minimum atomic E-state index is -0.204. The Morgan fingerprint density at radius 3 is 2.78 bits per heavy atom. The normalized spacial score (nSPS) is 10.0. The van der Waals surface area contributed by atoms with Crippen molar-refractivity contribution in [1.29, 1.82) is 5.41 Å². The highest BCUT2D eigenvalue weighted by atomic mass is 35.5. The summed E-state index contributed by atoms with van der Waals surface area (Å²) in [4.78, 5) is 3.52. The van der Waals surface area contributed by atoms with Crippen LogP contribution >= 0.6 is 11.6 Å². The molecule has 3 heteroatoms. The number of nitrogens with zero attached hydrogens (tertiary/aromatic N) is 1. The summed E-state index contributed by atoms with van der Waals surface area (Å²) in [7, 11) is 0. The summed E-state index contributed by atoms with van der Waals surface area (Å²) in [6, 6.07) is 0. The smallest absolute Gasteiger partial charge is 0.214 e. The molecule has 0 aromatic carbocycles. The lowest BCUT2D eigenvalue weighted by Crippen LogP contribution is -1.82. The van der Waals surface area contributed by atoms with Crippen LogP contribution in [0.2, 0.25) is 0 Å². The molecule has 9 heavy (non-hydrogen) atoms. The fourth-order valence-electron chi connectivity index (χ4n) is 0.239. The van der Waals surface area contributed by atoms with Gasteiger partial charge < -0.3 is 0 Å². The fourth-order valence-corrected chi connectivity index (χ4v) is 0.288. The van der Waals surface area contributed by atoms with Crippen LogP contribution in [0, 0.1) is 5.41 Å². The van der Waals surface area contributed by atoms with E-state index in [4.69, 9.17) is 17.0 Å². The molecule has 0 bridgehead atoms. The second-order valence-electron chi connectivity index (χ2n) is 1.56. The fraction of sp³-hybridized carbons (Fsp3) is 0.333. The molecule has 0 aliphatic carbocycles. The Labute approximate surface area is 59.8 Å². The SMILES string of the molecule is C=C(C=NC(=N)Cl)CC. The molecule has 50 valence electrons. The predicted octanol–water partition coefficient (Wildman–Crippen LogP) is 2.20. The molecule has 0 spiro atoms. The molecule has 1 N–H and O–H groups in total. The summed E-state index contributed by atoms with van der Waals surface area (Å²) in [5.41, 5.74) is 0.875. The zero-order chi connectivity index (χ0) is 7.28. The summed E-state index contributed by atoms with van der Waals surface area (Å²) < 4.78 is 0. The van der Waals surface area contributed by atoms with Crippen molar-refractivity contribution in [1.82, 2.24) is 0 Å². The van der Waals surface area contributed by atoms with Gasteiger partial charge in [0.15, 0.2) is 0 Å². The van der Waals surface area contributed by atoms with Gasteiger partial charge >= 0.3 is 0 Å². The van der Waals surface area contributed by atoms with Gasteiger partial charge in [-0.3, -0.25) is 5.41 Å². The summed E-state index contributed by atoms with van der Waals surface area (Å²) in [6.07, 6.45) is 2.34. The van der Waals surface area contributed by atoms with E-state index in [0.29, 0.717) is 0 Å². The van der Waals surface area contributed by atoms with Crippen molar-refractivity contribution in [3.63, 3.8) is 0 Å². The molecule has 0 aromatic rings. The third-order valence-corrected chi connectivity index (χ3v) is 0.912. The van der Waals surface area contributed by atoms with Crippen LogP contribution in [0.25, 0.3) is 0 Å². The van der Waals surface area contributed by atoms with E-state index in [1.807, 2.05) is 6.92 Å². The van der Waals surface area contributed by atoms with Crippen LogP contribution in [0.4, 0.5) is 0 Å². The Morgan fingerprint density at radius 2 is 2.44 bits per heavy atom. The molecule has 0 amide bonds. The first-order valence-electron chi connectivity index (χ1n) is 2.62. The van der Waals surface area contributed by atoms with E-state index < -0.39 is 0 Å². The highest BCUT2D eigenvalue weighted by Crippen LogP contribution is 1.91. The Balaban J connectivity index is 3.71.